The zero-order valence-electron chi connectivity index (χ0n) is 7.32. The molecule has 0 spiro atoms. The van der Waals surface area contributed by atoms with Gasteiger partial charge in [0.2, 0.25) is 0 Å². The van der Waals surface area contributed by atoms with E-state index in [0.717, 1.165) is 11.4 Å². The standard InChI is InChI=1S/C10H8BrFN2/c11-5-9-6-14(7-13-9)10-3-1-2-8(12)4-10/h1-4,6-7H,5H2. The summed E-state index contributed by atoms with van der Waals surface area (Å²) in [5.74, 6) is -0.239. The number of benzene rings is 1. The summed E-state index contributed by atoms with van der Waals surface area (Å²) in [5.41, 5.74) is 1.71. The van der Waals surface area contributed by atoms with Crippen LogP contribution in [-0.4, -0.2) is 9.55 Å². The van der Waals surface area contributed by atoms with E-state index in [1.54, 1.807) is 17.0 Å². The monoisotopic (exact) mass is 254 g/mol. The van der Waals surface area contributed by atoms with E-state index in [9.17, 15) is 4.39 Å². The Balaban J connectivity index is 2.39. The lowest BCUT2D eigenvalue weighted by atomic mass is 10.3. The summed E-state index contributed by atoms with van der Waals surface area (Å²) in [5, 5.41) is 0.704. The molecule has 1 heterocycles. The molecule has 0 radical (unpaired) electrons. The number of hydrogen-bond donors (Lipinski definition) is 0. The first-order valence-electron chi connectivity index (χ1n) is 4.14. The maximum Gasteiger partial charge on any atom is 0.125 e. The van der Waals surface area contributed by atoms with Gasteiger partial charge in [-0.25, -0.2) is 9.37 Å². The van der Waals surface area contributed by atoms with Crippen LogP contribution in [0.25, 0.3) is 5.69 Å². The Morgan fingerprint density at radius 2 is 2.29 bits per heavy atom. The van der Waals surface area contributed by atoms with E-state index in [-0.39, 0.29) is 5.82 Å². The molecule has 0 amide bonds. The Kier molecular flexibility index (Phi) is 2.63. The highest BCUT2D eigenvalue weighted by atomic mass is 79.9. The summed E-state index contributed by atoms with van der Waals surface area (Å²) in [6.07, 6.45) is 3.54. The molecule has 0 saturated carbocycles. The molecule has 0 N–H and O–H groups in total. The maximum absolute atomic E-state index is 12.9. The van der Waals surface area contributed by atoms with Gasteiger partial charge in [0.1, 0.15) is 5.82 Å². The Hall–Kier alpha value is -1.16. The van der Waals surface area contributed by atoms with Gasteiger partial charge < -0.3 is 4.57 Å². The van der Waals surface area contributed by atoms with Crippen LogP contribution in [0.4, 0.5) is 4.39 Å². The van der Waals surface area contributed by atoms with Gasteiger partial charge in [-0.2, -0.15) is 0 Å². The lowest BCUT2D eigenvalue weighted by Crippen LogP contribution is -1.90. The Bertz CT molecular complexity index is 439. The SMILES string of the molecule is Fc1cccc(-n2cnc(CBr)c2)c1. The quantitative estimate of drug-likeness (QED) is 0.754. The molecule has 2 nitrogen and oxygen atoms in total. The molecule has 1 aromatic heterocycles. The van der Waals surface area contributed by atoms with Crippen molar-refractivity contribution in [2.75, 3.05) is 0 Å². The van der Waals surface area contributed by atoms with Crippen LogP contribution in [0, 0.1) is 5.82 Å². The Morgan fingerprint density at radius 1 is 1.43 bits per heavy atom. The maximum atomic E-state index is 12.9. The fraction of sp³-hybridized carbons (Fsp3) is 0.100. The topological polar surface area (TPSA) is 17.8 Å². The normalized spacial score (nSPS) is 10.4. The van der Waals surface area contributed by atoms with Crippen molar-refractivity contribution >= 4 is 15.9 Å². The van der Waals surface area contributed by atoms with Crippen LogP contribution in [0.15, 0.2) is 36.8 Å². The van der Waals surface area contributed by atoms with Gasteiger partial charge in [-0.1, -0.05) is 22.0 Å². The predicted molar refractivity (Wildman–Crippen MR) is 56.2 cm³/mol. The van der Waals surface area contributed by atoms with E-state index in [4.69, 9.17) is 0 Å². The molecule has 0 unspecified atom stereocenters. The predicted octanol–water partition coefficient (Wildman–Crippen LogP) is 2.91. The number of alkyl halides is 1. The van der Waals surface area contributed by atoms with Crippen molar-refractivity contribution in [3.8, 4) is 5.69 Å². The van der Waals surface area contributed by atoms with Crippen molar-refractivity contribution in [3.05, 3.63) is 48.3 Å². The molecule has 1 aromatic carbocycles. The van der Waals surface area contributed by atoms with E-state index < -0.39 is 0 Å². The Labute approximate surface area is 89.5 Å². The number of hydrogen-bond acceptors (Lipinski definition) is 1. The molecule has 0 aliphatic heterocycles. The molecule has 0 atom stereocenters. The van der Waals surface area contributed by atoms with Crippen molar-refractivity contribution in [2.45, 2.75) is 5.33 Å². The molecule has 0 aliphatic carbocycles. The first kappa shape index (κ1) is 9.40. The average molecular weight is 255 g/mol. The third-order valence-corrected chi connectivity index (χ3v) is 2.45. The molecule has 2 rings (SSSR count). The second-order valence-electron chi connectivity index (χ2n) is 2.89. The minimum atomic E-state index is -0.239. The summed E-state index contributed by atoms with van der Waals surface area (Å²) < 4.78 is 14.7. The van der Waals surface area contributed by atoms with E-state index >= 15 is 0 Å². The van der Waals surface area contributed by atoms with E-state index in [0.29, 0.717) is 5.33 Å². The van der Waals surface area contributed by atoms with Crippen LogP contribution in [0.2, 0.25) is 0 Å². The number of imidazole rings is 1. The first-order chi connectivity index (χ1) is 6.79. The van der Waals surface area contributed by atoms with Crippen molar-refractivity contribution in [1.29, 1.82) is 0 Å². The van der Waals surface area contributed by atoms with Gasteiger partial charge in [-0.15, -0.1) is 0 Å². The minimum absolute atomic E-state index is 0.239. The second kappa shape index (κ2) is 3.92. The number of aromatic nitrogens is 2. The van der Waals surface area contributed by atoms with Crippen LogP contribution in [0.3, 0.4) is 0 Å². The van der Waals surface area contributed by atoms with E-state index in [1.165, 1.54) is 12.1 Å². The summed E-state index contributed by atoms with van der Waals surface area (Å²) in [6.45, 7) is 0. The number of halogens is 2. The molecule has 72 valence electrons. The second-order valence-corrected chi connectivity index (χ2v) is 3.45. The van der Waals surface area contributed by atoms with Gasteiger partial charge in [-0.05, 0) is 18.2 Å². The van der Waals surface area contributed by atoms with Crippen molar-refractivity contribution in [3.63, 3.8) is 0 Å². The lowest BCUT2D eigenvalue weighted by Gasteiger charge is -2.00. The average Bonchev–Trinajstić information content (AvgIpc) is 2.66. The smallest absolute Gasteiger partial charge is 0.125 e. The van der Waals surface area contributed by atoms with Gasteiger partial charge in [0, 0.05) is 17.2 Å². The summed E-state index contributed by atoms with van der Waals surface area (Å²) in [4.78, 5) is 4.13. The Morgan fingerprint density at radius 3 is 2.93 bits per heavy atom. The summed E-state index contributed by atoms with van der Waals surface area (Å²) in [6, 6.07) is 6.41. The van der Waals surface area contributed by atoms with Gasteiger partial charge in [0.15, 0.2) is 0 Å². The summed E-state index contributed by atoms with van der Waals surface area (Å²) >= 11 is 3.31. The van der Waals surface area contributed by atoms with Crippen LogP contribution >= 0.6 is 15.9 Å². The first-order valence-corrected chi connectivity index (χ1v) is 5.26. The van der Waals surface area contributed by atoms with Crippen LogP contribution < -0.4 is 0 Å². The zero-order valence-corrected chi connectivity index (χ0v) is 8.91. The van der Waals surface area contributed by atoms with Crippen molar-refractivity contribution in [1.82, 2.24) is 9.55 Å². The number of rotatable bonds is 2. The molecular weight excluding hydrogens is 247 g/mol. The highest BCUT2D eigenvalue weighted by Crippen LogP contribution is 2.11. The molecular formula is C10H8BrFN2. The van der Waals surface area contributed by atoms with Crippen molar-refractivity contribution < 1.29 is 4.39 Å². The summed E-state index contributed by atoms with van der Waals surface area (Å²) in [7, 11) is 0. The lowest BCUT2D eigenvalue weighted by molar-refractivity contribution is 0.626. The van der Waals surface area contributed by atoms with E-state index in [1.807, 2.05) is 12.3 Å². The molecule has 0 saturated heterocycles. The molecule has 0 bridgehead atoms. The van der Waals surface area contributed by atoms with Gasteiger partial charge >= 0.3 is 0 Å². The highest BCUT2D eigenvalue weighted by Gasteiger charge is 2.00. The third-order valence-electron chi connectivity index (χ3n) is 1.88. The van der Waals surface area contributed by atoms with Crippen LogP contribution in [0.5, 0.6) is 0 Å². The van der Waals surface area contributed by atoms with E-state index in [2.05, 4.69) is 20.9 Å². The number of nitrogens with zero attached hydrogens (tertiary/aromatic N) is 2. The van der Waals surface area contributed by atoms with Crippen LogP contribution in [0.1, 0.15) is 5.69 Å². The van der Waals surface area contributed by atoms with Gasteiger partial charge in [0.25, 0.3) is 0 Å². The zero-order chi connectivity index (χ0) is 9.97. The van der Waals surface area contributed by atoms with Crippen LogP contribution in [-0.2, 0) is 5.33 Å². The third kappa shape index (κ3) is 1.85. The fourth-order valence-corrected chi connectivity index (χ4v) is 1.50. The van der Waals surface area contributed by atoms with Gasteiger partial charge in [-0.3, -0.25) is 0 Å². The minimum Gasteiger partial charge on any atom is -0.306 e. The molecule has 0 fully saturated rings. The molecule has 2 aromatic rings. The largest absolute Gasteiger partial charge is 0.306 e. The van der Waals surface area contributed by atoms with Gasteiger partial charge in [0.05, 0.1) is 12.0 Å². The molecule has 0 aliphatic rings. The molecule has 4 heteroatoms. The fourth-order valence-electron chi connectivity index (χ4n) is 1.21. The molecule has 14 heavy (non-hydrogen) atoms. The highest BCUT2D eigenvalue weighted by molar-refractivity contribution is 9.08. The van der Waals surface area contributed by atoms with Crippen molar-refractivity contribution in [2.24, 2.45) is 0 Å².